The fraction of sp³-hybridized carbons (Fsp3) is 0.360. The molecular weight excluding hydrogens is 511 g/mol. The molecule has 1 aliphatic rings. The van der Waals surface area contributed by atoms with Crippen LogP contribution in [0.1, 0.15) is 54.2 Å². The van der Waals surface area contributed by atoms with Gasteiger partial charge in [0.1, 0.15) is 17.5 Å². The van der Waals surface area contributed by atoms with Crippen molar-refractivity contribution in [2.75, 3.05) is 13.1 Å². The molecule has 0 aliphatic carbocycles. The van der Waals surface area contributed by atoms with E-state index in [9.17, 15) is 26.7 Å². The van der Waals surface area contributed by atoms with Crippen LogP contribution in [0.2, 0.25) is 0 Å². The van der Waals surface area contributed by atoms with Crippen molar-refractivity contribution in [3.63, 3.8) is 0 Å². The summed E-state index contributed by atoms with van der Waals surface area (Å²) in [6.07, 6.45) is -1.56. The van der Waals surface area contributed by atoms with Gasteiger partial charge in [-0.1, -0.05) is 11.2 Å². The lowest BCUT2D eigenvalue weighted by atomic mass is 9.89. The first-order valence-electron chi connectivity index (χ1n) is 11.7. The van der Waals surface area contributed by atoms with E-state index in [0.29, 0.717) is 48.7 Å². The Morgan fingerprint density at radius 1 is 1.11 bits per heavy atom. The molecule has 2 aromatic heterocycles. The quantitative estimate of drug-likeness (QED) is 0.260. The number of alkyl halides is 3. The highest BCUT2D eigenvalue weighted by Crippen LogP contribution is 2.30. The molecule has 1 fully saturated rings. The number of oxime groups is 1. The van der Waals surface area contributed by atoms with Crippen molar-refractivity contribution in [1.82, 2.24) is 24.8 Å². The van der Waals surface area contributed by atoms with Crippen LogP contribution in [0.25, 0.3) is 0 Å². The Balaban J connectivity index is 1.46. The zero-order chi connectivity index (χ0) is 27.4. The molecule has 1 amide bonds. The standard InChI is InChI=1S/C25H23F5N6O2/c1-14(35-38-21-6-9-31-24(34-21)25(28,29)30)18-13-32-15(2)33-23(18)16-7-10-36(11-8-16)22(37)12-17-19(26)4-3-5-20(17)27/h3-6,9,13,16H,7-8,10-12H2,1-2H3/b35-14+. The monoisotopic (exact) mass is 534 g/mol. The summed E-state index contributed by atoms with van der Waals surface area (Å²) in [5.41, 5.74) is 1.26. The molecule has 0 atom stereocenters. The molecule has 3 heterocycles. The van der Waals surface area contributed by atoms with Gasteiger partial charge in [0.25, 0.3) is 5.88 Å². The maximum atomic E-state index is 14.0. The number of aromatic nitrogens is 4. The van der Waals surface area contributed by atoms with E-state index in [2.05, 4.69) is 25.1 Å². The summed E-state index contributed by atoms with van der Waals surface area (Å²) in [6, 6.07) is 4.63. The first-order chi connectivity index (χ1) is 18.0. The van der Waals surface area contributed by atoms with Gasteiger partial charge in [0.05, 0.1) is 17.8 Å². The maximum Gasteiger partial charge on any atom is 0.451 e. The van der Waals surface area contributed by atoms with Crippen LogP contribution in [0, 0.1) is 18.6 Å². The number of halogens is 5. The molecule has 0 N–H and O–H groups in total. The normalized spacial score (nSPS) is 15.0. The molecular formula is C25H23F5N6O2. The van der Waals surface area contributed by atoms with Crippen molar-refractivity contribution >= 4 is 11.6 Å². The molecule has 8 nitrogen and oxygen atoms in total. The number of hydrogen-bond donors (Lipinski definition) is 0. The van der Waals surface area contributed by atoms with Crippen LogP contribution in [0.4, 0.5) is 22.0 Å². The summed E-state index contributed by atoms with van der Waals surface area (Å²) in [5.74, 6) is -3.19. The zero-order valence-corrected chi connectivity index (χ0v) is 20.5. The Morgan fingerprint density at radius 3 is 2.45 bits per heavy atom. The largest absolute Gasteiger partial charge is 0.451 e. The van der Waals surface area contributed by atoms with Crippen molar-refractivity contribution in [2.45, 2.75) is 45.2 Å². The molecule has 1 saturated heterocycles. The van der Waals surface area contributed by atoms with Crippen LogP contribution in [-0.4, -0.2) is 49.5 Å². The number of benzene rings is 1. The Kier molecular flexibility index (Phi) is 7.93. The lowest BCUT2D eigenvalue weighted by molar-refractivity contribution is -0.145. The van der Waals surface area contributed by atoms with Gasteiger partial charge >= 0.3 is 6.18 Å². The summed E-state index contributed by atoms with van der Waals surface area (Å²) in [4.78, 5) is 34.6. The molecule has 38 heavy (non-hydrogen) atoms. The third kappa shape index (κ3) is 6.26. The fourth-order valence-corrected chi connectivity index (χ4v) is 4.14. The Labute approximate surface area is 214 Å². The third-order valence-electron chi connectivity index (χ3n) is 6.11. The Morgan fingerprint density at radius 2 is 1.79 bits per heavy atom. The topological polar surface area (TPSA) is 93.5 Å². The number of carbonyl (C=O) groups is 1. The smallest absolute Gasteiger partial charge is 0.342 e. The number of nitrogens with zero attached hydrogens (tertiary/aromatic N) is 6. The number of piperidine rings is 1. The molecule has 3 aromatic rings. The van der Waals surface area contributed by atoms with Gasteiger partial charge in [0.2, 0.25) is 11.7 Å². The first-order valence-corrected chi connectivity index (χ1v) is 11.7. The number of hydrogen-bond acceptors (Lipinski definition) is 7. The van der Waals surface area contributed by atoms with E-state index in [1.807, 2.05) is 0 Å². The summed E-state index contributed by atoms with van der Waals surface area (Å²) < 4.78 is 66.5. The Bertz CT molecular complexity index is 1340. The van der Waals surface area contributed by atoms with Crippen LogP contribution in [0.5, 0.6) is 5.88 Å². The highest BCUT2D eigenvalue weighted by molar-refractivity contribution is 5.99. The molecule has 200 valence electrons. The molecule has 0 bridgehead atoms. The van der Waals surface area contributed by atoms with Crippen LogP contribution < -0.4 is 4.84 Å². The van der Waals surface area contributed by atoms with Crippen LogP contribution in [0.3, 0.4) is 0 Å². The van der Waals surface area contributed by atoms with E-state index in [0.717, 1.165) is 24.4 Å². The SMILES string of the molecule is C/C(=N\Oc1ccnc(C(F)(F)F)n1)c1cnc(C)nc1C1CCN(C(=O)Cc2c(F)cccc2F)CC1. The van der Waals surface area contributed by atoms with Gasteiger partial charge in [-0.15, -0.1) is 0 Å². The van der Waals surface area contributed by atoms with Crippen LogP contribution in [-0.2, 0) is 17.4 Å². The highest BCUT2D eigenvalue weighted by Gasteiger charge is 2.35. The number of likely N-dealkylation sites (tertiary alicyclic amines) is 1. The number of rotatable bonds is 6. The number of amides is 1. The van der Waals surface area contributed by atoms with E-state index >= 15 is 0 Å². The zero-order valence-electron chi connectivity index (χ0n) is 20.5. The summed E-state index contributed by atoms with van der Waals surface area (Å²) >= 11 is 0. The van der Waals surface area contributed by atoms with Crippen molar-refractivity contribution in [2.24, 2.45) is 5.16 Å². The van der Waals surface area contributed by atoms with Gasteiger partial charge in [-0.3, -0.25) is 4.79 Å². The van der Waals surface area contributed by atoms with Gasteiger partial charge < -0.3 is 9.74 Å². The van der Waals surface area contributed by atoms with Gasteiger partial charge in [-0.25, -0.2) is 23.7 Å². The minimum Gasteiger partial charge on any atom is -0.342 e. The number of aryl methyl sites for hydroxylation is 1. The van der Waals surface area contributed by atoms with Gasteiger partial charge in [-0.2, -0.15) is 18.2 Å². The summed E-state index contributed by atoms with van der Waals surface area (Å²) in [5, 5.41) is 3.92. The lowest BCUT2D eigenvalue weighted by Crippen LogP contribution is -2.39. The van der Waals surface area contributed by atoms with Crippen molar-refractivity contribution in [1.29, 1.82) is 0 Å². The van der Waals surface area contributed by atoms with E-state index in [4.69, 9.17) is 4.84 Å². The van der Waals surface area contributed by atoms with E-state index in [1.54, 1.807) is 24.9 Å². The minimum atomic E-state index is -4.73. The van der Waals surface area contributed by atoms with E-state index in [-0.39, 0.29) is 29.7 Å². The first kappa shape index (κ1) is 27.0. The van der Waals surface area contributed by atoms with E-state index in [1.165, 1.54) is 6.07 Å². The second kappa shape index (κ2) is 11.2. The molecule has 1 aliphatic heterocycles. The number of carbonyl (C=O) groups excluding carboxylic acids is 1. The molecule has 1 aromatic carbocycles. The predicted octanol–water partition coefficient (Wildman–Crippen LogP) is 4.62. The second-order valence-electron chi connectivity index (χ2n) is 8.73. The van der Waals surface area contributed by atoms with Gasteiger partial charge in [-0.05, 0) is 38.8 Å². The van der Waals surface area contributed by atoms with Crippen LogP contribution >= 0.6 is 0 Å². The predicted molar refractivity (Wildman–Crippen MR) is 125 cm³/mol. The molecule has 0 radical (unpaired) electrons. The molecule has 0 unspecified atom stereocenters. The van der Waals surface area contributed by atoms with Crippen molar-refractivity contribution in [3.05, 3.63) is 76.8 Å². The third-order valence-corrected chi connectivity index (χ3v) is 6.11. The van der Waals surface area contributed by atoms with Gasteiger partial charge in [0, 0.05) is 48.6 Å². The highest BCUT2D eigenvalue weighted by atomic mass is 19.4. The average molecular weight is 534 g/mol. The minimum absolute atomic E-state index is 0.0815. The maximum absolute atomic E-state index is 14.0. The summed E-state index contributed by atoms with van der Waals surface area (Å²) in [6.45, 7) is 4.04. The molecule has 4 rings (SSSR count). The lowest BCUT2D eigenvalue weighted by Gasteiger charge is -2.32. The average Bonchev–Trinajstić information content (AvgIpc) is 2.89. The Hall–Kier alpha value is -4.03. The molecule has 0 saturated carbocycles. The van der Waals surface area contributed by atoms with Gasteiger partial charge in [0.15, 0.2) is 0 Å². The van der Waals surface area contributed by atoms with E-state index < -0.39 is 23.6 Å². The molecule has 0 spiro atoms. The summed E-state index contributed by atoms with van der Waals surface area (Å²) in [7, 11) is 0. The van der Waals surface area contributed by atoms with Crippen LogP contribution in [0.15, 0.2) is 41.8 Å². The second-order valence-corrected chi connectivity index (χ2v) is 8.73. The molecule has 13 heteroatoms. The fourth-order valence-electron chi connectivity index (χ4n) is 4.14. The van der Waals surface area contributed by atoms with Crippen molar-refractivity contribution in [3.8, 4) is 5.88 Å². The van der Waals surface area contributed by atoms with Crippen molar-refractivity contribution < 1.29 is 31.6 Å².